The number of hydrogen-bond acceptors (Lipinski definition) is 5. The minimum absolute atomic E-state index is 0.0221. The second kappa shape index (κ2) is 9.89. The number of carbonyl (C=O) groups is 1. The van der Waals surface area contributed by atoms with E-state index in [0.717, 1.165) is 43.1 Å². The first-order chi connectivity index (χ1) is 15.9. The number of aliphatic hydroxyl groups excluding tert-OH is 1. The molecular formula is C25H31FN4O3. The number of nitrogens with one attached hydrogen (secondary N) is 2. The Morgan fingerprint density at radius 2 is 2.09 bits per heavy atom. The maximum absolute atomic E-state index is 14.8. The molecule has 8 heteroatoms. The van der Waals surface area contributed by atoms with Gasteiger partial charge >= 0.3 is 0 Å². The molecule has 0 bridgehead atoms. The van der Waals surface area contributed by atoms with Crippen LogP contribution in [0.15, 0.2) is 36.7 Å². The van der Waals surface area contributed by atoms with Gasteiger partial charge in [0.2, 0.25) is 5.91 Å². The molecule has 33 heavy (non-hydrogen) atoms. The van der Waals surface area contributed by atoms with Crippen molar-refractivity contribution in [3.8, 4) is 11.5 Å². The summed E-state index contributed by atoms with van der Waals surface area (Å²) in [5.41, 5.74) is 8.01. The maximum atomic E-state index is 14.8. The molecule has 0 radical (unpaired) electrons. The fourth-order valence-electron chi connectivity index (χ4n) is 4.72. The maximum Gasteiger partial charge on any atom is 0.237 e. The summed E-state index contributed by atoms with van der Waals surface area (Å²) in [6.07, 6.45) is 9.02. The van der Waals surface area contributed by atoms with Crippen molar-refractivity contribution in [1.82, 2.24) is 15.3 Å². The minimum Gasteiger partial charge on any atom is -0.453 e. The highest BCUT2D eigenvalue weighted by Gasteiger charge is 2.34. The van der Waals surface area contributed by atoms with E-state index in [-0.39, 0.29) is 24.7 Å². The number of carbonyl (C=O) groups excluding carboxylic acids is 1. The molecule has 0 spiro atoms. The first-order valence-electron chi connectivity index (χ1n) is 11.5. The number of aromatic amines is 1. The molecular weight excluding hydrogens is 423 g/mol. The lowest BCUT2D eigenvalue weighted by atomic mass is 9.79. The van der Waals surface area contributed by atoms with Gasteiger partial charge in [-0.3, -0.25) is 4.79 Å². The van der Waals surface area contributed by atoms with Crippen LogP contribution in [0, 0.1) is 12.7 Å². The van der Waals surface area contributed by atoms with Crippen LogP contribution in [0.2, 0.25) is 0 Å². The fraction of sp³-hybridized carbons (Fsp3) is 0.440. The van der Waals surface area contributed by atoms with Gasteiger partial charge in [-0.2, -0.15) is 0 Å². The summed E-state index contributed by atoms with van der Waals surface area (Å²) < 4.78 is 20.7. The monoisotopic (exact) mass is 454 g/mol. The lowest BCUT2D eigenvalue weighted by Gasteiger charge is -2.38. The average Bonchev–Trinajstić information content (AvgIpc) is 3.18. The number of fused-ring (bicyclic) bond motifs is 1. The van der Waals surface area contributed by atoms with Gasteiger partial charge in [0, 0.05) is 24.5 Å². The van der Waals surface area contributed by atoms with Gasteiger partial charge in [0.25, 0.3) is 0 Å². The third-order valence-corrected chi connectivity index (χ3v) is 6.53. The van der Waals surface area contributed by atoms with Crippen molar-refractivity contribution in [2.45, 2.75) is 63.5 Å². The summed E-state index contributed by atoms with van der Waals surface area (Å²) in [5, 5.41) is 13.3. The molecule has 176 valence electrons. The molecule has 1 aromatic carbocycles. The van der Waals surface area contributed by atoms with E-state index in [1.54, 1.807) is 24.4 Å². The first-order valence-corrected chi connectivity index (χ1v) is 11.5. The molecule has 1 aliphatic carbocycles. The molecule has 7 nitrogen and oxygen atoms in total. The normalized spacial score (nSPS) is 16.5. The SMILES string of the molecule is Cc1c[nH]c2nccc(Oc3ccc(CC(N)C(=O)NC4(CCO)CCCCC4)cc3F)c12. The van der Waals surface area contributed by atoms with Gasteiger partial charge in [-0.1, -0.05) is 25.3 Å². The molecule has 1 amide bonds. The van der Waals surface area contributed by atoms with Gasteiger partial charge in [-0.05, 0) is 61.9 Å². The van der Waals surface area contributed by atoms with Crippen LogP contribution < -0.4 is 15.8 Å². The highest BCUT2D eigenvalue weighted by Crippen LogP contribution is 2.33. The van der Waals surface area contributed by atoms with Crippen molar-refractivity contribution < 1.29 is 19.0 Å². The fourth-order valence-corrected chi connectivity index (χ4v) is 4.72. The number of aliphatic hydroxyl groups is 1. The summed E-state index contributed by atoms with van der Waals surface area (Å²) >= 11 is 0. The number of nitrogens with two attached hydrogens (primary N) is 1. The zero-order valence-corrected chi connectivity index (χ0v) is 18.9. The predicted octanol–water partition coefficient (Wildman–Crippen LogP) is 3.87. The molecule has 4 rings (SSSR count). The number of amides is 1. The quantitative estimate of drug-likeness (QED) is 0.413. The number of hydrogen-bond donors (Lipinski definition) is 4. The first kappa shape index (κ1) is 23.2. The van der Waals surface area contributed by atoms with Crippen LogP contribution >= 0.6 is 0 Å². The smallest absolute Gasteiger partial charge is 0.237 e. The number of benzene rings is 1. The zero-order valence-electron chi connectivity index (χ0n) is 18.9. The molecule has 2 aromatic heterocycles. The van der Waals surface area contributed by atoms with Crippen LogP contribution in [0.4, 0.5) is 4.39 Å². The summed E-state index contributed by atoms with van der Waals surface area (Å²) in [6.45, 7) is 1.95. The third-order valence-electron chi connectivity index (χ3n) is 6.53. The number of nitrogens with zero attached hydrogens (tertiary/aromatic N) is 1. The molecule has 1 saturated carbocycles. The van der Waals surface area contributed by atoms with E-state index >= 15 is 0 Å². The molecule has 0 aliphatic heterocycles. The highest BCUT2D eigenvalue weighted by atomic mass is 19.1. The number of H-pyrrole nitrogens is 1. The number of pyridine rings is 1. The van der Waals surface area contributed by atoms with Crippen molar-refractivity contribution in [2.24, 2.45) is 5.73 Å². The molecule has 1 atom stereocenters. The summed E-state index contributed by atoms with van der Waals surface area (Å²) in [5.74, 6) is -0.187. The Hall–Kier alpha value is -2.97. The van der Waals surface area contributed by atoms with Gasteiger partial charge in [-0.15, -0.1) is 0 Å². The molecule has 1 fully saturated rings. The Morgan fingerprint density at radius 3 is 2.82 bits per heavy atom. The van der Waals surface area contributed by atoms with Gasteiger partial charge < -0.3 is 25.9 Å². The van der Waals surface area contributed by atoms with Crippen LogP contribution in [0.5, 0.6) is 11.5 Å². The van der Waals surface area contributed by atoms with E-state index in [1.807, 2.05) is 13.1 Å². The Kier molecular flexibility index (Phi) is 6.95. The van der Waals surface area contributed by atoms with E-state index in [0.29, 0.717) is 23.4 Å². The van der Waals surface area contributed by atoms with E-state index < -0.39 is 17.4 Å². The van der Waals surface area contributed by atoms with Gasteiger partial charge in [-0.25, -0.2) is 9.37 Å². The molecule has 1 aliphatic rings. The summed E-state index contributed by atoms with van der Waals surface area (Å²) in [7, 11) is 0. The van der Waals surface area contributed by atoms with E-state index in [1.165, 1.54) is 6.07 Å². The predicted molar refractivity (Wildman–Crippen MR) is 125 cm³/mol. The lowest BCUT2D eigenvalue weighted by molar-refractivity contribution is -0.125. The van der Waals surface area contributed by atoms with Crippen molar-refractivity contribution in [1.29, 1.82) is 0 Å². The second-order valence-electron chi connectivity index (χ2n) is 8.99. The van der Waals surface area contributed by atoms with Crippen molar-refractivity contribution >= 4 is 16.9 Å². The van der Waals surface area contributed by atoms with Crippen LogP contribution in [-0.4, -0.2) is 39.2 Å². The van der Waals surface area contributed by atoms with Crippen LogP contribution in [0.1, 0.15) is 49.7 Å². The number of halogens is 1. The number of aromatic nitrogens is 2. The highest BCUT2D eigenvalue weighted by molar-refractivity contribution is 5.86. The van der Waals surface area contributed by atoms with E-state index in [9.17, 15) is 14.3 Å². The second-order valence-corrected chi connectivity index (χ2v) is 8.99. The average molecular weight is 455 g/mol. The van der Waals surface area contributed by atoms with Crippen LogP contribution in [0.3, 0.4) is 0 Å². The lowest BCUT2D eigenvalue weighted by Crippen LogP contribution is -2.55. The zero-order chi connectivity index (χ0) is 23.4. The Morgan fingerprint density at radius 1 is 1.30 bits per heavy atom. The topological polar surface area (TPSA) is 113 Å². The molecule has 1 unspecified atom stereocenters. The standard InChI is InChI=1S/C25H31FN4O3/c1-16-15-29-23-22(16)21(7-11-28-23)33-20-6-5-17(13-18(20)26)14-19(27)24(32)30-25(10-12-31)8-3-2-4-9-25/h5-7,11,13,15,19,31H,2-4,8-10,12,14,27H2,1H3,(H,28,29)(H,30,32). The Bertz CT molecular complexity index is 1120. The van der Waals surface area contributed by atoms with Crippen molar-refractivity contribution in [3.05, 3.63) is 53.6 Å². The largest absolute Gasteiger partial charge is 0.453 e. The van der Waals surface area contributed by atoms with Crippen molar-refractivity contribution in [3.63, 3.8) is 0 Å². The Balaban J connectivity index is 1.43. The van der Waals surface area contributed by atoms with Gasteiger partial charge in [0.05, 0.1) is 11.4 Å². The number of rotatable bonds is 8. The minimum atomic E-state index is -0.809. The third kappa shape index (κ3) is 5.17. The number of aryl methyl sites for hydroxylation is 1. The molecule has 0 saturated heterocycles. The summed E-state index contributed by atoms with van der Waals surface area (Å²) in [4.78, 5) is 20.1. The molecule has 5 N–H and O–H groups in total. The van der Waals surface area contributed by atoms with E-state index in [4.69, 9.17) is 10.5 Å². The van der Waals surface area contributed by atoms with Gasteiger partial charge in [0.1, 0.15) is 11.4 Å². The Labute approximate surface area is 192 Å². The van der Waals surface area contributed by atoms with Crippen molar-refractivity contribution in [2.75, 3.05) is 6.61 Å². The molecule has 3 aromatic rings. The van der Waals surface area contributed by atoms with Crippen LogP contribution in [-0.2, 0) is 11.2 Å². The summed E-state index contributed by atoms with van der Waals surface area (Å²) in [6, 6.07) is 5.52. The van der Waals surface area contributed by atoms with E-state index in [2.05, 4.69) is 15.3 Å². The van der Waals surface area contributed by atoms with Crippen LogP contribution in [0.25, 0.3) is 11.0 Å². The van der Waals surface area contributed by atoms with Gasteiger partial charge in [0.15, 0.2) is 11.6 Å². The number of ether oxygens (including phenoxy) is 1. The molecule has 2 heterocycles.